The zero-order valence-corrected chi connectivity index (χ0v) is 19.7. The second-order valence-electron chi connectivity index (χ2n) is 8.64. The first kappa shape index (κ1) is 25.2. The average Bonchev–Trinajstić information content (AvgIpc) is 3.13. The number of carbonyl (C=O) groups excluding carboxylic acids is 2. The van der Waals surface area contributed by atoms with Crippen molar-refractivity contribution in [2.75, 3.05) is 19.8 Å². The topological polar surface area (TPSA) is 114 Å². The van der Waals surface area contributed by atoms with Crippen LogP contribution >= 0.6 is 0 Å². The molecule has 8 heteroatoms. The number of hydrogen-bond donors (Lipinski definition) is 3. The lowest BCUT2D eigenvalue weighted by Crippen LogP contribution is -2.52. The van der Waals surface area contributed by atoms with Crippen molar-refractivity contribution in [1.82, 2.24) is 10.6 Å². The van der Waals surface area contributed by atoms with Crippen molar-refractivity contribution in [3.63, 3.8) is 0 Å². The maximum absolute atomic E-state index is 12.8. The highest BCUT2D eigenvalue weighted by atomic mass is 16.5. The Morgan fingerprint density at radius 1 is 0.971 bits per heavy atom. The summed E-state index contributed by atoms with van der Waals surface area (Å²) in [5, 5.41) is 14.5. The fraction of sp³-hybridized carbons (Fsp3) is 0.423. The normalized spacial score (nSPS) is 14.1. The van der Waals surface area contributed by atoms with Gasteiger partial charge in [-0.2, -0.15) is 0 Å². The predicted octanol–water partition coefficient (Wildman–Crippen LogP) is 3.55. The van der Waals surface area contributed by atoms with Gasteiger partial charge >= 0.3 is 12.1 Å². The molecule has 2 amide bonds. The van der Waals surface area contributed by atoms with Gasteiger partial charge in [0.2, 0.25) is 5.91 Å². The van der Waals surface area contributed by atoms with Gasteiger partial charge < -0.3 is 25.2 Å². The molecule has 34 heavy (non-hydrogen) atoms. The van der Waals surface area contributed by atoms with E-state index in [0.717, 1.165) is 22.3 Å². The summed E-state index contributed by atoms with van der Waals surface area (Å²) >= 11 is 0. The maximum Gasteiger partial charge on any atom is 0.407 e. The molecule has 3 N–H and O–H groups in total. The Kier molecular flexibility index (Phi) is 8.65. The van der Waals surface area contributed by atoms with Crippen LogP contribution in [0.25, 0.3) is 11.1 Å². The number of carboxylic acids is 1. The molecule has 1 aliphatic carbocycles. The standard InChI is InChI=1S/C26H32N2O6/c1-4-33-15-23(16(2)3)27-25(31)22(13-24(29)30)28-26(32)34-14-21-19-11-7-5-9-17(19)18-10-6-8-12-20(18)21/h5-12,16,21-23H,4,13-15H2,1-3H3,(H,27,31)(H,28,32)(H,29,30). The molecule has 182 valence electrons. The number of carboxylic acid groups (broad SMARTS) is 1. The number of hydrogen-bond acceptors (Lipinski definition) is 5. The molecule has 2 atom stereocenters. The number of aliphatic carboxylic acids is 1. The SMILES string of the molecule is CCOCC(NC(=O)C(CC(=O)O)NC(=O)OCC1c2ccccc2-c2ccccc21)C(C)C. The van der Waals surface area contributed by atoms with Crippen LogP contribution in [0.15, 0.2) is 48.5 Å². The Morgan fingerprint density at radius 3 is 2.09 bits per heavy atom. The molecule has 0 spiro atoms. The molecule has 2 aromatic carbocycles. The summed E-state index contributed by atoms with van der Waals surface area (Å²) in [6.07, 6.45) is -1.40. The summed E-state index contributed by atoms with van der Waals surface area (Å²) in [7, 11) is 0. The Hall–Kier alpha value is -3.39. The van der Waals surface area contributed by atoms with Crippen LogP contribution in [0.1, 0.15) is 44.2 Å². The van der Waals surface area contributed by atoms with E-state index in [4.69, 9.17) is 9.47 Å². The number of ether oxygens (including phenoxy) is 2. The van der Waals surface area contributed by atoms with Crippen LogP contribution in [0.5, 0.6) is 0 Å². The molecular formula is C26H32N2O6. The molecule has 1 aliphatic rings. The van der Waals surface area contributed by atoms with Crippen molar-refractivity contribution in [3.8, 4) is 11.1 Å². The van der Waals surface area contributed by atoms with Crippen molar-refractivity contribution in [2.24, 2.45) is 5.92 Å². The highest BCUT2D eigenvalue weighted by Crippen LogP contribution is 2.44. The Balaban J connectivity index is 1.65. The molecule has 0 aliphatic heterocycles. The monoisotopic (exact) mass is 468 g/mol. The van der Waals surface area contributed by atoms with Crippen molar-refractivity contribution >= 4 is 18.0 Å². The number of benzene rings is 2. The number of carbonyl (C=O) groups is 3. The molecule has 0 aromatic heterocycles. The molecule has 0 heterocycles. The van der Waals surface area contributed by atoms with Crippen molar-refractivity contribution in [2.45, 2.75) is 45.2 Å². The van der Waals surface area contributed by atoms with Gasteiger partial charge in [0.1, 0.15) is 12.6 Å². The molecule has 3 rings (SSSR count). The Labute approximate surface area is 199 Å². The molecule has 0 radical (unpaired) electrons. The van der Waals surface area contributed by atoms with E-state index in [9.17, 15) is 19.5 Å². The van der Waals surface area contributed by atoms with Gasteiger partial charge in [-0.1, -0.05) is 62.4 Å². The van der Waals surface area contributed by atoms with E-state index in [0.29, 0.717) is 13.2 Å². The number of amides is 2. The fourth-order valence-electron chi connectivity index (χ4n) is 4.10. The second kappa shape index (κ2) is 11.7. The van der Waals surface area contributed by atoms with Crippen molar-refractivity contribution < 1.29 is 29.0 Å². The number of nitrogens with one attached hydrogen (secondary N) is 2. The van der Waals surface area contributed by atoms with Crippen molar-refractivity contribution in [3.05, 3.63) is 59.7 Å². The summed E-state index contributed by atoms with van der Waals surface area (Å²) in [5.74, 6) is -1.86. The van der Waals surface area contributed by atoms with Crippen LogP contribution in [0.2, 0.25) is 0 Å². The molecule has 0 bridgehead atoms. The summed E-state index contributed by atoms with van der Waals surface area (Å²) in [4.78, 5) is 36.7. The quantitative estimate of drug-likeness (QED) is 0.465. The minimum Gasteiger partial charge on any atom is -0.481 e. The lowest BCUT2D eigenvalue weighted by Gasteiger charge is -2.25. The molecule has 0 fully saturated rings. The zero-order valence-electron chi connectivity index (χ0n) is 19.7. The highest BCUT2D eigenvalue weighted by Gasteiger charge is 2.31. The maximum atomic E-state index is 12.8. The van der Waals surface area contributed by atoms with Gasteiger partial charge in [0.25, 0.3) is 0 Å². The van der Waals surface area contributed by atoms with Gasteiger partial charge in [0.15, 0.2) is 0 Å². The number of alkyl carbamates (subject to hydrolysis) is 1. The summed E-state index contributed by atoms with van der Waals surface area (Å²) < 4.78 is 10.9. The minimum atomic E-state index is -1.27. The van der Waals surface area contributed by atoms with Gasteiger partial charge in [-0.25, -0.2) is 4.79 Å². The molecule has 0 saturated carbocycles. The lowest BCUT2D eigenvalue weighted by molar-refractivity contribution is -0.140. The van der Waals surface area contributed by atoms with E-state index < -0.39 is 30.4 Å². The van der Waals surface area contributed by atoms with Crippen LogP contribution in [0.4, 0.5) is 4.79 Å². The molecule has 2 unspecified atom stereocenters. The Bertz CT molecular complexity index is 976. The first-order valence-corrected chi connectivity index (χ1v) is 11.5. The third-order valence-electron chi connectivity index (χ3n) is 5.96. The van der Waals surface area contributed by atoms with Crippen LogP contribution in [-0.2, 0) is 19.1 Å². The van der Waals surface area contributed by atoms with Gasteiger partial charge in [-0.3, -0.25) is 9.59 Å². The summed E-state index contributed by atoms with van der Waals surface area (Å²) in [5.41, 5.74) is 4.33. The molecule has 8 nitrogen and oxygen atoms in total. The van der Waals surface area contributed by atoms with E-state index in [1.54, 1.807) is 0 Å². The Morgan fingerprint density at radius 2 is 1.56 bits per heavy atom. The smallest absolute Gasteiger partial charge is 0.407 e. The van der Waals surface area contributed by atoms with E-state index in [1.807, 2.05) is 69.3 Å². The van der Waals surface area contributed by atoms with E-state index in [2.05, 4.69) is 10.6 Å². The molecule has 0 saturated heterocycles. The summed E-state index contributed by atoms with van der Waals surface area (Å²) in [6.45, 7) is 6.57. The van der Waals surface area contributed by atoms with E-state index >= 15 is 0 Å². The second-order valence-corrected chi connectivity index (χ2v) is 8.64. The van der Waals surface area contributed by atoms with Crippen molar-refractivity contribution in [1.29, 1.82) is 0 Å². The van der Waals surface area contributed by atoms with Crippen LogP contribution in [0, 0.1) is 5.92 Å². The third kappa shape index (κ3) is 6.14. The highest BCUT2D eigenvalue weighted by molar-refractivity contribution is 5.89. The number of fused-ring (bicyclic) bond motifs is 3. The summed E-state index contributed by atoms with van der Waals surface area (Å²) in [6, 6.07) is 14.3. The predicted molar refractivity (Wildman–Crippen MR) is 128 cm³/mol. The van der Waals surface area contributed by atoms with Crippen LogP contribution in [0.3, 0.4) is 0 Å². The largest absolute Gasteiger partial charge is 0.481 e. The lowest BCUT2D eigenvalue weighted by atomic mass is 9.98. The molecule has 2 aromatic rings. The van der Waals surface area contributed by atoms with Gasteiger partial charge in [-0.15, -0.1) is 0 Å². The minimum absolute atomic E-state index is 0.0652. The van der Waals surface area contributed by atoms with Gasteiger partial charge in [0.05, 0.1) is 19.1 Å². The first-order valence-electron chi connectivity index (χ1n) is 11.5. The number of rotatable bonds is 11. The van der Waals surface area contributed by atoms with Crippen LogP contribution < -0.4 is 10.6 Å². The molecular weight excluding hydrogens is 436 g/mol. The average molecular weight is 469 g/mol. The van der Waals surface area contributed by atoms with E-state index in [-0.39, 0.29) is 24.5 Å². The third-order valence-corrected chi connectivity index (χ3v) is 5.96. The fourth-order valence-corrected chi connectivity index (χ4v) is 4.10. The zero-order chi connectivity index (χ0) is 24.7. The first-order chi connectivity index (χ1) is 16.3. The van der Waals surface area contributed by atoms with Gasteiger partial charge in [-0.05, 0) is 35.1 Å². The van der Waals surface area contributed by atoms with Crippen LogP contribution in [-0.4, -0.2) is 55.0 Å². The van der Waals surface area contributed by atoms with Gasteiger partial charge in [0, 0.05) is 12.5 Å². The van der Waals surface area contributed by atoms with E-state index in [1.165, 1.54) is 0 Å².